The molecule has 0 aliphatic carbocycles. The number of H-pyrrole nitrogens is 1. The van der Waals surface area contributed by atoms with Crippen molar-refractivity contribution in [1.29, 1.82) is 0 Å². The predicted molar refractivity (Wildman–Crippen MR) is 397 cm³/mol. The Hall–Kier alpha value is -11.4. The van der Waals surface area contributed by atoms with E-state index in [9.17, 15) is 78.0 Å². The number of aliphatic hydroxyl groups is 3. The van der Waals surface area contributed by atoms with Gasteiger partial charge in [0, 0.05) is 44.1 Å². The van der Waals surface area contributed by atoms with Gasteiger partial charge in [0.25, 0.3) is 0 Å². The number of hydrogen-bond donors (Lipinski definition) is 19. The quantitative estimate of drug-likeness (QED) is 0.00701. The summed E-state index contributed by atoms with van der Waals surface area (Å²) >= 11 is 0. The van der Waals surface area contributed by atoms with Crippen LogP contribution in [0.1, 0.15) is 120 Å². The lowest BCUT2D eigenvalue weighted by atomic mass is 9.90. The van der Waals surface area contributed by atoms with Crippen molar-refractivity contribution >= 4 is 76.8 Å². The number of carboxylic acid groups (broad SMARTS) is 1. The van der Waals surface area contributed by atoms with Gasteiger partial charge in [0.2, 0.25) is 65.0 Å². The van der Waals surface area contributed by atoms with Gasteiger partial charge in [-0.05, 0) is 140 Å². The van der Waals surface area contributed by atoms with Gasteiger partial charge < -0.3 is 94.8 Å². The van der Waals surface area contributed by atoms with Crippen LogP contribution >= 0.6 is 0 Å². The highest BCUT2D eigenvalue weighted by molar-refractivity contribution is 6.06. The van der Waals surface area contributed by atoms with E-state index >= 15 is 4.39 Å². The first-order chi connectivity index (χ1) is 51.4. The number of ether oxygens (including phenoxy) is 1. The average Bonchev–Trinajstić information content (AvgIpc) is 0.836. The molecule has 0 aliphatic heterocycles. The molecule has 0 radical (unpaired) electrons. The lowest BCUT2D eigenvalue weighted by Crippen LogP contribution is -2.67. The zero-order chi connectivity index (χ0) is 81.0. The Morgan fingerprint density at radius 3 is 1.83 bits per heavy atom. The van der Waals surface area contributed by atoms with Crippen molar-refractivity contribution in [3.63, 3.8) is 0 Å². The zero-order valence-corrected chi connectivity index (χ0v) is 62.6. The van der Waals surface area contributed by atoms with Crippen LogP contribution in [0.5, 0.6) is 5.75 Å². The third kappa shape index (κ3) is 27.4. The van der Waals surface area contributed by atoms with E-state index in [4.69, 9.17) is 22.0 Å². The minimum Gasteiger partial charge on any atom is -0.491 e. The third-order valence-corrected chi connectivity index (χ3v) is 17.5. The van der Waals surface area contributed by atoms with E-state index in [0.29, 0.717) is 42.7 Å². The Morgan fingerprint density at radius 2 is 1.25 bits per heavy atom. The maximum absolute atomic E-state index is 15.5. The highest BCUT2D eigenvalue weighted by atomic mass is 19.1. The van der Waals surface area contributed by atoms with Gasteiger partial charge in [-0.3, -0.25) is 57.5 Å². The van der Waals surface area contributed by atoms with E-state index in [1.165, 1.54) is 38.4 Å². The summed E-state index contributed by atoms with van der Waals surface area (Å²) in [7, 11) is 0. The van der Waals surface area contributed by atoms with Gasteiger partial charge in [0.1, 0.15) is 70.6 Å². The summed E-state index contributed by atoms with van der Waals surface area (Å²) in [6, 6.07) is 10.9. The second kappa shape index (κ2) is 41.6. The second-order valence-corrected chi connectivity index (χ2v) is 27.5. The molecule has 0 spiro atoms. The number of hydrazine groups is 1. The van der Waals surface area contributed by atoms with Crippen molar-refractivity contribution in [3.05, 3.63) is 142 Å². The summed E-state index contributed by atoms with van der Waals surface area (Å²) in [5.41, 5.74) is 16.1. The number of aliphatic hydroxyl groups excluding tert-OH is 3. The van der Waals surface area contributed by atoms with Crippen LogP contribution in [0.4, 0.5) is 4.39 Å². The fourth-order valence-electron chi connectivity index (χ4n) is 11.5. The molecule has 11 amide bonds. The Kier molecular flexibility index (Phi) is 33.7. The summed E-state index contributed by atoms with van der Waals surface area (Å²) in [4.78, 5) is 172. The number of benzene rings is 4. The van der Waals surface area contributed by atoms with E-state index in [1.54, 1.807) is 30.5 Å². The largest absolute Gasteiger partial charge is 0.491 e. The number of carbonyl (C=O) groups is 12. The molecular weight excluding hydrogens is 1420 g/mol. The van der Waals surface area contributed by atoms with Crippen LogP contribution in [0.15, 0.2) is 103 Å². The number of nitrogens with two attached hydrogens (primary N) is 3. The number of aryl methyl sites for hydroxylation is 4. The van der Waals surface area contributed by atoms with Crippen LogP contribution in [0.3, 0.4) is 0 Å². The smallest absolute Gasteiger partial charge is 0.305 e. The highest BCUT2D eigenvalue weighted by Gasteiger charge is 2.43. The number of hydrazone groups is 1. The van der Waals surface area contributed by atoms with E-state index in [2.05, 4.69) is 68.2 Å². The van der Waals surface area contributed by atoms with Crippen LogP contribution < -0.4 is 80.7 Å². The summed E-state index contributed by atoms with van der Waals surface area (Å²) in [6.07, 6.45) is -1.45. The fourth-order valence-corrected chi connectivity index (χ4v) is 11.5. The van der Waals surface area contributed by atoms with Gasteiger partial charge in [-0.25, -0.2) is 20.8 Å². The van der Waals surface area contributed by atoms with Crippen LogP contribution in [-0.2, 0) is 89.6 Å². The molecule has 22 N–H and O–H groups in total. The number of carbonyl (C=O) groups excluding carboxylic acids is 11. The Morgan fingerprint density at radius 1 is 0.642 bits per heavy atom. The van der Waals surface area contributed by atoms with E-state index < -0.39 is 175 Å². The standard InChI is InChI=1S/C74H102FN17O17/c1-11-46-31-50(109-39(2)3)23-24-51(46)47-21-19-44(20-22-47)30-54(65(101)83-53(63(77)99)18-14-15-45-28-40(4)27-41(5)29-45)84-66(102)56(33-60(97)98)85-67(103)57(37-93)86-68(104)61(42(6)94)89-72(108)74(10,34-48-16-12-13-17-52(48)75)90-69(105)62(43(7)95)88-59(96)36-81-64(100)55(32-58(76)91-92-78)87-71(107)73(8,9)70(106)80-26-25-49-35-79-38-82-49/h12-13,16-17,19-24,27-29,31,35,38-39,42-43,53-57,61-62,92-95H,11,14-15,18,25-26,30,32-34,36-37,78H2,1-10H3,(H2,76,91)(H2,77,99)(H,79,82)(H,80,106)(H,81,100)(H,83,101)(H,84,102)(H,85,103)(H,86,104)(H,87,107)(H,88,96)(H,89,108)(H,90,105)(H,97,98). The van der Waals surface area contributed by atoms with Crippen molar-refractivity contribution in [1.82, 2.24) is 68.7 Å². The lowest BCUT2D eigenvalue weighted by molar-refractivity contribution is -0.143. The predicted octanol–water partition coefficient (Wildman–Crippen LogP) is -1.40. The number of nitrogens with one attached hydrogen (secondary N) is 12. The van der Waals surface area contributed by atoms with Crippen LogP contribution in [0.25, 0.3) is 11.1 Å². The third-order valence-electron chi connectivity index (χ3n) is 17.5. The molecule has 34 nitrogen and oxygen atoms in total. The Bertz CT molecular complexity index is 4020. The molecule has 35 heteroatoms. The molecule has 10 atom stereocenters. The molecule has 592 valence electrons. The number of halogens is 1. The van der Waals surface area contributed by atoms with E-state index in [1.807, 2.05) is 76.6 Å². The molecule has 4 aromatic carbocycles. The number of primary amides is 1. The second-order valence-electron chi connectivity index (χ2n) is 27.5. The van der Waals surface area contributed by atoms with Crippen molar-refractivity contribution in [2.45, 2.75) is 193 Å². The van der Waals surface area contributed by atoms with Crippen molar-refractivity contribution in [3.8, 4) is 16.9 Å². The van der Waals surface area contributed by atoms with Gasteiger partial charge in [0.15, 0.2) is 0 Å². The molecule has 0 fully saturated rings. The molecule has 1 aromatic heterocycles. The number of aliphatic carboxylic acids is 1. The minimum atomic E-state index is -2.41. The summed E-state index contributed by atoms with van der Waals surface area (Å²) in [5.74, 6) is -9.32. The van der Waals surface area contributed by atoms with E-state index in [0.717, 1.165) is 60.2 Å². The lowest BCUT2D eigenvalue weighted by Gasteiger charge is -2.34. The maximum atomic E-state index is 15.5. The Labute approximate surface area is 630 Å². The summed E-state index contributed by atoms with van der Waals surface area (Å²) < 4.78 is 21.4. The van der Waals surface area contributed by atoms with Crippen LogP contribution in [0, 0.1) is 25.1 Å². The van der Waals surface area contributed by atoms with Gasteiger partial charge in [-0.1, -0.05) is 84.8 Å². The number of imidazole rings is 1. The molecule has 5 aromatic rings. The molecule has 109 heavy (non-hydrogen) atoms. The maximum Gasteiger partial charge on any atom is 0.305 e. The summed E-state index contributed by atoms with van der Waals surface area (Å²) in [5, 5.41) is 69.9. The van der Waals surface area contributed by atoms with Crippen LogP contribution in [-0.4, -0.2) is 193 Å². The number of amidine groups is 1. The van der Waals surface area contributed by atoms with Crippen molar-refractivity contribution < 1.29 is 87.1 Å². The van der Waals surface area contributed by atoms with Gasteiger partial charge in [-0.15, -0.1) is 0 Å². The van der Waals surface area contributed by atoms with Crippen molar-refractivity contribution in [2.75, 3.05) is 19.7 Å². The normalized spacial score (nSPS) is 14.5. The number of nitrogens with zero attached hydrogens (tertiary/aromatic N) is 2. The summed E-state index contributed by atoms with van der Waals surface area (Å²) in [6.45, 7) is 13.3. The molecule has 0 aliphatic rings. The first kappa shape index (κ1) is 88.2. The molecule has 10 unspecified atom stereocenters. The fraction of sp³-hybridized carbons (Fsp3) is 0.459. The topological polar surface area (TPSA) is 546 Å². The number of rotatable bonds is 43. The van der Waals surface area contributed by atoms with Gasteiger partial charge in [-0.2, -0.15) is 5.10 Å². The molecular formula is C74H102FN17O17. The molecule has 0 saturated heterocycles. The first-order valence-corrected chi connectivity index (χ1v) is 35.3. The van der Waals surface area contributed by atoms with Crippen LogP contribution in [0.2, 0.25) is 0 Å². The molecule has 0 saturated carbocycles. The van der Waals surface area contributed by atoms with E-state index in [-0.39, 0.29) is 36.9 Å². The SMILES string of the molecule is CCc1cc(OC(C)C)ccc1-c1ccc(CC(NC(=O)C(CC(=O)O)NC(=O)C(CO)NC(=O)C(NC(=O)C(C)(Cc2ccccc2F)NC(=O)C(NC(=O)CNC(=O)C(CC(N)=NNN)NC(=O)C(C)(C)C(=O)NCCc2cnc[nH]2)C(C)O)C(C)O)C(=O)NC(CCCc2cc(C)cc(C)c2)C(N)=O)cc1. The number of hydrogen-bond acceptors (Lipinski definition) is 20. The van der Waals surface area contributed by atoms with Crippen molar-refractivity contribution in [2.24, 2.45) is 27.8 Å². The number of amides is 11. The monoisotopic (exact) mass is 1520 g/mol. The number of aromatic amines is 1. The van der Waals surface area contributed by atoms with Gasteiger partial charge >= 0.3 is 5.97 Å². The molecule has 5 rings (SSSR count). The molecule has 0 bridgehead atoms. The minimum absolute atomic E-state index is 0.0660. The first-order valence-electron chi connectivity index (χ1n) is 35.3. The molecule has 1 heterocycles. The zero-order valence-electron chi connectivity index (χ0n) is 62.6. The Balaban J connectivity index is 1.34. The number of carboxylic acids is 1. The van der Waals surface area contributed by atoms with Gasteiger partial charge in [0.05, 0.1) is 44.2 Å². The number of aromatic nitrogens is 2. The highest BCUT2D eigenvalue weighted by Crippen LogP contribution is 2.30. The average molecular weight is 1520 g/mol.